The number of rotatable bonds is 4. The fourth-order valence-corrected chi connectivity index (χ4v) is 2.62. The lowest BCUT2D eigenvalue weighted by Crippen LogP contribution is -2.38. The van der Waals surface area contributed by atoms with Crippen molar-refractivity contribution >= 4 is 5.69 Å². The molecule has 1 aliphatic heterocycles. The molecule has 1 atom stereocenters. The van der Waals surface area contributed by atoms with Gasteiger partial charge in [0.15, 0.2) is 0 Å². The second-order valence-electron chi connectivity index (χ2n) is 4.97. The summed E-state index contributed by atoms with van der Waals surface area (Å²) in [4.78, 5) is 2.41. The molecule has 1 aliphatic rings. The molecular weight excluding hydrogens is 222 g/mol. The Morgan fingerprint density at radius 1 is 1.50 bits per heavy atom. The summed E-state index contributed by atoms with van der Waals surface area (Å²) in [5.41, 5.74) is 3.12. The Kier molecular flexibility index (Phi) is 4.22. The van der Waals surface area contributed by atoms with E-state index < -0.39 is 0 Å². The van der Waals surface area contributed by atoms with E-state index in [1.54, 1.807) is 0 Å². The minimum absolute atomic E-state index is 0.527. The maximum Gasteiger partial charge on any atom is 0.101 e. The van der Waals surface area contributed by atoms with Crippen molar-refractivity contribution < 1.29 is 0 Å². The standard InChI is InChI=1S/C15H21N3/c1-3-8-18(14-6-7-17-11-14)15-9-12(2)4-5-13(15)10-16/h4-5,9,14,17H,3,6-8,11H2,1-2H3. The summed E-state index contributed by atoms with van der Waals surface area (Å²) in [7, 11) is 0. The molecule has 0 spiro atoms. The SMILES string of the molecule is CCCN(c1cc(C)ccc1C#N)C1CCNC1. The lowest BCUT2D eigenvalue weighted by molar-refractivity contribution is 0.624. The first-order valence-electron chi connectivity index (χ1n) is 6.74. The van der Waals surface area contributed by atoms with Crippen molar-refractivity contribution in [3.05, 3.63) is 29.3 Å². The first-order valence-corrected chi connectivity index (χ1v) is 6.74. The van der Waals surface area contributed by atoms with Gasteiger partial charge < -0.3 is 10.2 Å². The van der Waals surface area contributed by atoms with Crippen LogP contribution in [0.5, 0.6) is 0 Å². The highest BCUT2D eigenvalue weighted by Gasteiger charge is 2.23. The summed E-state index contributed by atoms with van der Waals surface area (Å²) in [5, 5.41) is 12.7. The van der Waals surface area contributed by atoms with E-state index in [4.69, 9.17) is 0 Å². The Hall–Kier alpha value is -1.53. The van der Waals surface area contributed by atoms with Crippen molar-refractivity contribution in [1.29, 1.82) is 5.26 Å². The maximum atomic E-state index is 9.28. The van der Waals surface area contributed by atoms with E-state index in [0.29, 0.717) is 6.04 Å². The van der Waals surface area contributed by atoms with Crippen LogP contribution in [-0.2, 0) is 0 Å². The van der Waals surface area contributed by atoms with Crippen LogP contribution in [0, 0.1) is 18.3 Å². The molecule has 1 heterocycles. The highest BCUT2D eigenvalue weighted by Crippen LogP contribution is 2.25. The molecule has 18 heavy (non-hydrogen) atoms. The van der Waals surface area contributed by atoms with Gasteiger partial charge in [0.05, 0.1) is 11.3 Å². The zero-order valence-corrected chi connectivity index (χ0v) is 11.2. The molecule has 2 rings (SSSR count). The van der Waals surface area contributed by atoms with Crippen molar-refractivity contribution in [2.75, 3.05) is 24.5 Å². The average molecular weight is 243 g/mol. The number of hydrogen-bond acceptors (Lipinski definition) is 3. The Morgan fingerprint density at radius 3 is 2.94 bits per heavy atom. The topological polar surface area (TPSA) is 39.1 Å². The third-order valence-corrected chi connectivity index (χ3v) is 3.52. The number of benzene rings is 1. The van der Waals surface area contributed by atoms with E-state index in [2.05, 4.69) is 36.2 Å². The molecule has 1 fully saturated rings. The summed E-state index contributed by atoms with van der Waals surface area (Å²) < 4.78 is 0. The number of anilines is 1. The molecule has 0 aromatic heterocycles. The van der Waals surface area contributed by atoms with Crippen LogP contribution in [0.2, 0.25) is 0 Å². The summed E-state index contributed by atoms with van der Waals surface area (Å²) in [6.07, 6.45) is 2.27. The van der Waals surface area contributed by atoms with Crippen LogP contribution in [0.4, 0.5) is 5.69 Å². The monoisotopic (exact) mass is 243 g/mol. The largest absolute Gasteiger partial charge is 0.366 e. The summed E-state index contributed by atoms with van der Waals surface area (Å²) in [6.45, 7) is 7.40. The lowest BCUT2D eigenvalue weighted by atomic mass is 10.1. The Labute approximate surface area is 109 Å². The van der Waals surface area contributed by atoms with Gasteiger partial charge in [0.2, 0.25) is 0 Å². The van der Waals surface area contributed by atoms with E-state index in [0.717, 1.165) is 37.3 Å². The predicted molar refractivity (Wildman–Crippen MR) is 74.8 cm³/mol. The first kappa shape index (κ1) is 12.9. The lowest BCUT2D eigenvalue weighted by Gasteiger charge is -2.31. The van der Waals surface area contributed by atoms with Crippen LogP contribution in [-0.4, -0.2) is 25.7 Å². The molecule has 1 unspecified atom stereocenters. The summed E-state index contributed by atoms with van der Waals surface area (Å²) in [6, 6.07) is 8.95. The Bertz CT molecular complexity index is 442. The van der Waals surface area contributed by atoms with E-state index in [9.17, 15) is 5.26 Å². The molecule has 3 nitrogen and oxygen atoms in total. The van der Waals surface area contributed by atoms with Gasteiger partial charge >= 0.3 is 0 Å². The highest BCUT2D eigenvalue weighted by atomic mass is 15.2. The second-order valence-corrected chi connectivity index (χ2v) is 4.97. The molecule has 0 saturated carbocycles. The molecule has 0 radical (unpaired) electrons. The number of hydrogen-bond donors (Lipinski definition) is 1. The Balaban J connectivity index is 2.34. The van der Waals surface area contributed by atoms with Gasteiger partial charge in [0, 0.05) is 19.1 Å². The predicted octanol–water partition coefficient (Wildman–Crippen LogP) is 2.45. The van der Waals surface area contributed by atoms with E-state index in [-0.39, 0.29) is 0 Å². The average Bonchev–Trinajstić information content (AvgIpc) is 2.89. The van der Waals surface area contributed by atoms with E-state index >= 15 is 0 Å². The fourth-order valence-electron chi connectivity index (χ4n) is 2.62. The van der Waals surface area contributed by atoms with Gasteiger partial charge in [-0.05, 0) is 44.0 Å². The second kappa shape index (κ2) is 5.88. The van der Waals surface area contributed by atoms with Gasteiger partial charge in [0.1, 0.15) is 6.07 Å². The van der Waals surface area contributed by atoms with Gasteiger partial charge in [-0.25, -0.2) is 0 Å². The van der Waals surface area contributed by atoms with Gasteiger partial charge in [0.25, 0.3) is 0 Å². The van der Waals surface area contributed by atoms with Crippen molar-refractivity contribution in [3.8, 4) is 6.07 Å². The number of aryl methyl sites for hydroxylation is 1. The first-order chi connectivity index (χ1) is 8.76. The van der Waals surface area contributed by atoms with Crippen LogP contribution in [0.3, 0.4) is 0 Å². The molecule has 1 saturated heterocycles. The molecule has 0 amide bonds. The smallest absolute Gasteiger partial charge is 0.101 e. The van der Waals surface area contributed by atoms with Crippen LogP contribution < -0.4 is 10.2 Å². The van der Waals surface area contributed by atoms with Crippen molar-refractivity contribution in [2.45, 2.75) is 32.7 Å². The minimum atomic E-state index is 0.527. The molecule has 0 aliphatic carbocycles. The fraction of sp³-hybridized carbons (Fsp3) is 0.533. The number of nitrogens with one attached hydrogen (secondary N) is 1. The molecule has 1 N–H and O–H groups in total. The molecule has 96 valence electrons. The van der Waals surface area contributed by atoms with E-state index in [1.807, 2.05) is 12.1 Å². The number of nitriles is 1. The molecule has 0 bridgehead atoms. The molecule has 1 aromatic carbocycles. The van der Waals surface area contributed by atoms with Crippen LogP contribution in [0.15, 0.2) is 18.2 Å². The summed E-state index contributed by atoms with van der Waals surface area (Å²) >= 11 is 0. The zero-order chi connectivity index (χ0) is 13.0. The minimum Gasteiger partial charge on any atom is -0.366 e. The van der Waals surface area contributed by atoms with Gasteiger partial charge in [-0.15, -0.1) is 0 Å². The van der Waals surface area contributed by atoms with Crippen molar-refractivity contribution in [2.24, 2.45) is 0 Å². The Morgan fingerprint density at radius 2 is 2.33 bits per heavy atom. The van der Waals surface area contributed by atoms with Gasteiger partial charge in [-0.2, -0.15) is 5.26 Å². The quantitative estimate of drug-likeness (QED) is 0.883. The van der Waals surface area contributed by atoms with Gasteiger partial charge in [-0.3, -0.25) is 0 Å². The molecule has 3 heteroatoms. The van der Waals surface area contributed by atoms with Crippen molar-refractivity contribution in [1.82, 2.24) is 5.32 Å². The zero-order valence-electron chi connectivity index (χ0n) is 11.2. The third-order valence-electron chi connectivity index (χ3n) is 3.52. The third kappa shape index (κ3) is 2.65. The molecular formula is C15H21N3. The normalized spacial score (nSPS) is 18.6. The van der Waals surface area contributed by atoms with Crippen LogP contribution in [0.25, 0.3) is 0 Å². The number of nitrogens with zero attached hydrogens (tertiary/aromatic N) is 2. The van der Waals surface area contributed by atoms with Crippen LogP contribution in [0.1, 0.15) is 30.9 Å². The van der Waals surface area contributed by atoms with Gasteiger partial charge in [-0.1, -0.05) is 13.0 Å². The molecule has 1 aromatic rings. The maximum absolute atomic E-state index is 9.28. The summed E-state index contributed by atoms with van der Waals surface area (Å²) in [5.74, 6) is 0. The van der Waals surface area contributed by atoms with Crippen molar-refractivity contribution in [3.63, 3.8) is 0 Å². The van der Waals surface area contributed by atoms with E-state index in [1.165, 1.54) is 12.0 Å². The highest BCUT2D eigenvalue weighted by molar-refractivity contribution is 5.61. The van der Waals surface area contributed by atoms with Crippen LogP contribution >= 0.6 is 0 Å².